The quantitative estimate of drug-likeness (QED) is 0.658. The first-order chi connectivity index (χ1) is 8.70. The Balaban J connectivity index is 2.21. The first-order valence-electron chi connectivity index (χ1n) is 5.56. The molecule has 0 aliphatic heterocycles. The van der Waals surface area contributed by atoms with Crippen molar-refractivity contribution in [3.05, 3.63) is 69.5 Å². The van der Waals surface area contributed by atoms with Crippen LogP contribution in [0.1, 0.15) is 16.7 Å². The zero-order chi connectivity index (χ0) is 13.0. The van der Waals surface area contributed by atoms with Gasteiger partial charge < -0.3 is 5.73 Å². The van der Waals surface area contributed by atoms with Crippen molar-refractivity contribution in [1.82, 2.24) is 4.98 Å². The molecule has 1 heterocycles. The summed E-state index contributed by atoms with van der Waals surface area (Å²) >= 11 is 0. The second kappa shape index (κ2) is 5.37. The molecular formula is C13H13N3O2. The molecule has 0 aliphatic carbocycles. The third-order valence-corrected chi connectivity index (χ3v) is 2.77. The number of hydrogen-bond acceptors (Lipinski definition) is 4. The molecule has 1 aromatic carbocycles. The molecule has 18 heavy (non-hydrogen) atoms. The van der Waals surface area contributed by atoms with E-state index in [0.29, 0.717) is 13.0 Å². The number of pyridine rings is 1. The van der Waals surface area contributed by atoms with Gasteiger partial charge in [-0.15, -0.1) is 0 Å². The highest BCUT2D eigenvalue weighted by atomic mass is 16.6. The molecule has 0 unspecified atom stereocenters. The SMILES string of the molecule is NCc1ccncc1Cc1ccc([N+](=O)[O-])cc1. The van der Waals surface area contributed by atoms with Crippen LogP contribution in [-0.2, 0) is 13.0 Å². The zero-order valence-corrected chi connectivity index (χ0v) is 9.74. The minimum absolute atomic E-state index is 0.101. The monoisotopic (exact) mass is 243 g/mol. The highest BCUT2D eigenvalue weighted by Gasteiger charge is 2.06. The van der Waals surface area contributed by atoms with Crippen molar-refractivity contribution in [1.29, 1.82) is 0 Å². The molecular weight excluding hydrogens is 230 g/mol. The second-order valence-corrected chi connectivity index (χ2v) is 3.95. The number of nitro benzene ring substituents is 1. The predicted molar refractivity (Wildman–Crippen MR) is 68.0 cm³/mol. The van der Waals surface area contributed by atoms with Crippen molar-refractivity contribution >= 4 is 5.69 Å². The van der Waals surface area contributed by atoms with Crippen LogP contribution in [0.4, 0.5) is 5.69 Å². The fraction of sp³-hybridized carbons (Fsp3) is 0.154. The summed E-state index contributed by atoms with van der Waals surface area (Å²) in [5, 5.41) is 10.6. The van der Waals surface area contributed by atoms with Gasteiger partial charge in [-0.3, -0.25) is 15.1 Å². The van der Waals surface area contributed by atoms with Crippen molar-refractivity contribution in [2.45, 2.75) is 13.0 Å². The van der Waals surface area contributed by atoms with E-state index in [2.05, 4.69) is 4.98 Å². The summed E-state index contributed by atoms with van der Waals surface area (Å²) in [5.41, 5.74) is 8.85. The third kappa shape index (κ3) is 2.70. The third-order valence-electron chi connectivity index (χ3n) is 2.77. The van der Waals surface area contributed by atoms with Crippen LogP contribution in [0.5, 0.6) is 0 Å². The Morgan fingerprint density at radius 3 is 2.50 bits per heavy atom. The standard InChI is InChI=1S/C13H13N3O2/c14-8-11-5-6-15-9-12(11)7-10-1-3-13(4-2-10)16(17)18/h1-6,9H,7-8,14H2. The number of hydrogen-bond donors (Lipinski definition) is 1. The van der Waals surface area contributed by atoms with Crippen LogP contribution in [0.25, 0.3) is 0 Å². The van der Waals surface area contributed by atoms with Crippen LogP contribution < -0.4 is 5.73 Å². The molecule has 0 amide bonds. The van der Waals surface area contributed by atoms with Gasteiger partial charge in [-0.2, -0.15) is 0 Å². The Kier molecular flexibility index (Phi) is 3.64. The molecule has 5 heteroatoms. The van der Waals surface area contributed by atoms with Gasteiger partial charge in [0.15, 0.2) is 0 Å². The molecule has 0 saturated heterocycles. The van der Waals surface area contributed by atoms with Crippen LogP contribution in [0, 0.1) is 10.1 Å². The van der Waals surface area contributed by atoms with Crippen molar-refractivity contribution in [3.63, 3.8) is 0 Å². The fourth-order valence-electron chi connectivity index (χ4n) is 1.77. The number of nitrogens with zero attached hydrogens (tertiary/aromatic N) is 2. The van der Waals surface area contributed by atoms with Gasteiger partial charge in [0.05, 0.1) is 4.92 Å². The molecule has 0 fully saturated rings. The van der Waals surface area contributed by atoms with Gasteiger partial charge in [0.2, 0.25) is 0 Å². The molecule has 5 nitrogen and oxygen atoms in total. The van der Waals surface area contributed by atoms with E-state index >= 15 is 0 Å². The van der Waals surface area contributed by atoms with E-state index in [-0.39, 0.29) is 5.69 Å². The van der Waals surface area contributed by atoms with E-state index in [1.54, 1.807) is 24.5 Å². The first kappa shape index (κ1) is 12.2. The summed E-state index contributed by atoms with van der Waals surface area (Å²) < 4.78 is 0. The molecule has 0 spiro atoms. The van der Waals surface area contributed by atoms with E-state index in [1.807, 2.05) is 6.07 Å². The number of aromatic nitrogens is 1. The van der Waals surface area contributed by atoms with Crippen molar-refractivity contribution in [2.75, 3.05) is 0 Å². The maximum atomic E-state index is 10.6. The molecule has 1 aromatic heterocycles. The Labute approximate surface area is 104 Å². The topological polar surface area (TPSA) is 82.0 Å². The molecule has 0 radical (unpaired) electrons. The smallest absolute Gasteiger partial charge is 0.269 e. The lowest BCUT2D eigenvalue weighted by atomic mass is 10.0. The molecule has 0 atom stereocenters. The zero-order valence-electron chi connectivity index (χ0n) is 9.74. The van der Waals surface area contributed by atoms with Crippen LogP contribution >= 0.6 is 0 Å². The fourth-order valence-corrected chi connectivity index (χ4v) is 1.77. The summed E-state index contributed by atoms with van der Waals surface area (Å²) in [6.07, 6.45) is 4.17. The Bertz CT molecular complexity index is 552. The van der Waals surface area contributed by atoms with Crippen LogP contribution in [-0.4, -0.2) is 9.91 Å². The lowest BCUT2D eigenvalue weighted by Crippen LogP contribution is -2.02. The van der Waals surface area contributed by atoms with Gasteiger partial charge in [-0.05, 0) is 29.2 Å². The summed E-state index contributed by atoms with van der Waals surface area (Å²) in [6.45, 7) is 0.463. The normalized spacial score (nSPS) is 10.3. The second-order valence-electron chi connectivity index (χ2n) is 3.95. The van der Waals surface area contributed by atoms with E-state index < -0.39 is 4.92 Å². The minimum Gasteiger partial charge on any atom is -0.326 e. The number of rotatable bonds is 4. The lowest BCUT2D eigenvalue weighted by molar-refractivity contribution is -0.384. The average Bonchev–Trinajstić information content (AvgIpc) is 2.40. The van der Waals surface area contributed by atoms with E-state index in [4.69, 9.17) is 5.73 Å². The maximum absolute atomic E-state index is 10.6. The lowest BCUT2D eigenvalue weighted by Gasteiger charge is -2.06. The molecule has 2 rings (SSSR count). The molecule has 92 valence electrons. The summed E-state index contributed by atoms with van der Waals surface area (Å²) in [6, 6.07) is 8.42. The van der Waals surface area contributed by atoms with Crippen molar-refractivity contribution < 1.29 is 4.92 Å². The van der Waals surface area contributed by atoms with Crippen LogP contribution in [0.2, 0.25) is 0 Å². The Morgan fingerprint density at radius 1 is 1.17 bits per heavy atom. The predicted octanol–water partition coefficient (Wildman–Crippen LogP) is 2.04. The Hall–Kier alpha value is -2.27. The average molecular weight is 243 g/mol. The highest BCUT2D eigenvalue weighted by Crippen LogP contribution is 2.16. The van der Waals surface area contributed by atoms with Gasteiger partial charge in [-0.25, -0.2) is 0 Å². The van der Waals surface area contributed by atoms with Crippen LogP contribution in [0.15, 0.2) is 42.7 Å². The summed E-state index contributed by atoms with van der Waals surface area (Å²) in [4.78, 5) is 14.2. The van der Waals surface area contributed by atoms with Crippen LogP contribution in [0.3, 0.4) is 0 Å². The van der Waals surface area contributed by atoms with E-state index in [1.165, 1.54) is 12.1 Å². The van der Waals surface area contributed by atoms with Gasteiger partial charge in [-0.1, -0.05) is 12.1 Å². The number of nitro groups is 1. The minimum atomic E-state index is -0.404. The number of benzene rings is 1. The molecule has 2 aromatic rings. The van der Waals surface area contributed by atoms with E-state index in [9.17, 15) is 10.1 Å². The summed E-state index contributed by atoms with van der Waals surface area (Å²) in [5.74, 6) is 0. The summed E-state index contributed by atoms with van der Waals surface area (Å²) in [7, 11) is 0. The highest BCUT2D eigenvalue weighted by molar-refractivity contribution is 5.36. The molecule has 0 bridgehead atoms. The largest absolute Gasteiger partial charge is 0.326 e. The number of nitrogens with two attached hydrogens (primary N) is 1. The van der Waals surface area contributed by atoms with Gasteiger partial charge >= 0.3 is 0 Å². The molecule has 0 aliphatic rings. The van der Waals surface area contributed by atoms with Gasteiger partial charge in [0, 0.05) is 31.1 Å². The van der Waals surface area contributed by atoms with Gasteiger partial charge in [0.1, 0.15) is 0 Å². The molecule has 0 saturated carbocycles. The van der Waals surface area contributed by atoms with Crippen molar-refractivity contribution in [2.24, 2.45) is 5.73 Å². The maximum Gasteiger partial charge on any atom is 0.269 e. The van der Waals surface area contributed by atoms with Gasteiger partial charge in [0.25, 0.3) is 5.69 Å². The van der Waals surface area contributed by atoms with E-state index in [0.717, 1.165) is 16.7 Å². The molecule has 2 N–H and O–H groups in total. The number of non-ortho nitro benzene ring substituents is 1. The van der Waals surface area contributed by atoms with Crippen molar-refractivity contribution in [3.8, 4) is 0 Å². The Morgan fingerprint density at radius 2 is 1.89 bits per heavy atom. The first-order valence-corrected chi connectivity index (χ1v) is 5.56.